The van der Waals surface area contributed by atoms with Crippen LogP contribution in [0.2, 0.25) is 5.02 Å². The molecule has 0 spiro atoms. The SMILES string of the molecule is COc1ccc(CNC(=O)C2CCN(S(=O)(=O)Cc3ccc(Cl)cc3)CC2)c(OC)c1OC. The van der Waals surface area contributed by atoms with Gasteiger partial charge in [0.2, 0.25) is 21.7 Å². The molecule has 1 N–H and O–H groups in total. The van der Waals surface area contributed by atoms with Crippen LogP contribution in [0.3, 0.4) is 0 Å². The van der Waals surface area contributed by atoms with Crippen LogP contribution in [0.15, 0.2) is 36.4 Å². The molecule has 10 heteroatoms. The molecule has 0 bridgehead atoms. The fraction of sp³-hybridized carbons (Fsp3) is 0.435. The highest BCUT2D eigenvalue weighted by Crippen LogP contribution is 2.39. The van der Waals surface area contributed by atoms with Crippen LogP contribution in [-0.2, 0) is 27.1 Å². The summed E-state index contributed by atoms with van der Waals surface area (Å²) in [5.41, 5.74) is 1.44. The lowest BCUT2D eigenvalue weighted by Crippen LogP contribution is -2.43. The van der Waals surface area contributed by atoms with Gasteiger partial charge in [0, 0.05) is 36.1 Å². The normalized spacial score (nSPS) is 15.2. The maximum absolute atomic E-state index is 12.8. The van der Waals surface area contributed by atoms with Gasteiger partial charge in [0.1, 0.15) is 0 Å². The van der Waals surface area contributed by atoms with Gasteiger partial charge in [-0.3, -0.25) is 4.79 Å². The maximum atomic E-state index is 12.8. The lowest BCUT2D eigenvalue weighted by atomic mass is 9.97. The standard InChI is InChI=1S/C23H29ClN2O6S/c1-30-20-9-6-18(21(31-2)22(20)32-3)14-25-23(27)17-10-12-26(13-11-17)33(28,29)15-16-4-7-19(24)8-5-16/h4-9,17H,10-15H2,1-3H3,(H,25,27). The second kappa shape index (κ2) is 11.1. The van der Waals surface area contributed by atoms with E-state index < -0.39 is 10.0 Å². The fourth-order valence-corrected chi connectivity index (χ4v) is 5.60. The molecule has 180 valence electrons. The minimum atomic E-state index is -3.46. The Hall–Kier alpha value is -2.49. The lowest BCUT2D eigenvalue weighted by molar-refractivity contribution is -0.126. The number of benzene rings is 2. The van der Waals surface area contributed by atoms with E-state index in [2.05, 4.69) is 5.32 Å². The number of ether oxygens (including phenoxy) is 3. The molecule has 1 saturated heterocycles. The van der Waals surface area contributed by atoms with Crippen LogP contribution in [0.5, 0.6) is 17.2 Å². The topological polar surface area (TPSA) is 94.2 Å². The molecular formula is C23H29ClN2O6S. The summed E-state index contributed by atoms with van der Waals surface area (Å²) < 4.78 is 43.1. The van der Waals surface area contributed by atoms with Gasteiger partial charge in [0.25, 0.3) is 0 Å². The predicted octanol–water partition coefficient (Wildman–Crippen LogP) is 3.22. The van der Waals surface area contributed by atoms with Gasteiger partial charge in [-0.25, -0.2) is 12.7 Å². The monoisotopic (exact) mass is 496 g/mol. The van der Waals surface area contributed by atoms with Gasteiger partial charge in [0.15, 0.2) is 11.5 Å². The summed E-state index contributed by atoms with van der Waals surface area (Å²) in [7, 11) is 1.14. The molecule has 33 heavy (non-hydrogen) atoms. The van der Waals surface area contributed by atoms with Crippen LogP contribution in [0.25, 0.3) is 0 Å². The molecular weight excluding hydrogens is 468 g/mol. The number of rotatable bonds is 9. The third-order valence-electron chi connectivity index (χ3n) is 5.72. The first-order chi connectivity index (χ1) is 15.8. The largest absolute Gasteiger partial charge is 0.493 e. The summed E-state index contributed by atoms with van der Waals surface area (Å²) in [6, 6.07) is 10.3. The molecule has 1 aliphatic rings. The van der Waals surface area contributed by atoms with Crippen LogP contribution in [-0.4, -0.2) is 53.0 Å². The number of hydrogen-bond donors (Lipinski definition) is 1. The molecule has 1 aliphatic heterocycles. The van der Waals surface area contributed by atoms with Gasteiger partial charge in [-0.2, -0.15) is 0 Å². The van der Waals surface area contributed by atoms with E-state index in [0.29, 0.717) is 53.8 Å². The van der Waals surface area contributed by atoms with E-state index in [1.165, 1.54) is 18.5 Å². The van der Waals surface area contributed by atoms with Crippen molar-refractivity contribution in [2.45, 2.75) is 25.1 Å². The van der Waals surface area contributed by atoms with Crippen molar-refractivity contribution in [1.29, 1.82) is 0 Å². The van der Waals surface area contributed by atoms with Crippen molar-refractivity contribution in [3.63, 3.8) is 0 Å². The van der Waals surface area contributed by atoms with Crippen molar-refractivity contribution in [3.05, 3.63) is 52.5 Å². The van der Waals surface area contributed by atoms with Crippen molar-refractivity contribution in [2.24, 2.45) is 5.92 Å². The number of hydrogen-bond acceptors (Lipinski definition) is 6. The summed E-state index contributed by atoms with van der Waals surface area (Å²) in [5.74, 6) is 1.06. The molecule has 3 rings (SSSR count). The molecule has 2 aromatic carbocycles. The minimum Gasteiger partial charge on any atom is -0.493 e. The Morgan fingerprint density at radius 3 is 2.21 bits per heavy atom. The van der Waals surface area contributed by atoms with E-state index in [-0.39, 0.29) is 24.1 Å². The third kappa shape index (κ3) is 6.10. The van der Waals surface area contributed by atoms with Gasteiger partial charge in [-0.1, -0.05) is 23.7 Å². The van der Waals surface area contributed by atoms with E-state index in [1.807, 2.05) is 6.07 Å². The Balaban J connectivity index is 1.56. The average Bonchev–Trinajstić information content (AvgIpc) is 2.83. The molecule has 0 aliphatic carbocycles. The first-order valence-corrected chi connectivity index (χ1v) is 12.6. The molecule has 2 aromatic rings. The molecule has 8 nitrogen and oxygen atoms in total. The number of amides is 1. The Morgan fingerprint density at radius 1 is 1.00 bits per heavy atom. The number of sulfonamides is 1. The van der Waals surface area contributed by atoms with Gasteiger partial charge >= 0.3 is 0 Å². The molecule has 0 aromatic heterocycles. The summed E-state index contributed by atoms with van der Waals surface area (Å²) in [6.45, 7) is 0.888. The first-order valence-electron chi connectivity index (χ1n) is 10.6. The zero-order valence-corrected chi connectivity index (χ0v) is 20.5. The lowest BCUT2D eigenvalue weighted by Gasteiger charge is -2.30. The summed E-state index contributed by atoms with van der Waals surface area (Å²) in [6.07, 6.45) is 0.934. The molecule has 0 saturated carbocycles. The zero-order chi connectivity index (χ0) is 24.0. The van der Waals surface area contributed by atoms with Crippen LogP contribution in [0.1, 0.15) is 24.0 Å². The number of methoxy groups -OCH3 is 3. The van der Waals surface area contributed by atoms with Crippen molar-refractivity contribution in [3.8, 4) is 17.2 Å². The number of nitrogens with one attached hydrogen (secondary N) is 1. The zero-order valence-electron chi connectivity index (χ0n) is 19.0. The van der Waals surface area contributed by atoms with Gasteiger partial charge in [-0.15, -0.1) is 0 Å². The van der Waals surface area contributed by atoms with E-state index in [9.17, 15) is 13.2 Å². The van der Waals surface area contributed by atoms with Crippen molar-refractivity contribution >= 4 is 27.5 Å². The number of carbonyl (C=O) groups is 1. The van der Waals surface area contributed by atoms with Crippen LogP contribution in [0.4, 0.5) is 0 Å². The van der Waals surface area contributed by atoms with Gasteiger partial charge < -0.3 is 19.5 Å². The Kier molecular flexibility index (Phi) is 8.45. The molecule has 0 radical (unpaired) electrons. The highest BCUT2D eigenvalue weighted by Gasteiger charge is 2.31. The van der Waals surface area contributed by atoms with Crippen molar-refractivity contribution in [1.82, 2.24) is 9.62 Å². The van der Waals surface area contributed by atoms with E-state index in [1.54, 1.807) is 37.4 Å². The molecule has 1 amide bonds. The van der Waals surface area contributed by atoms with Gasteiger partial charge in [-0.05, 0) is 42.7 Å². The third-order valence-corrected chi connectivity index (χ3v) is 7.82. The maximum Gasteiger partial charge on any atom is 0.223 e. The van der Waals surface area contributed by atoms with E-state index in [0.717, 1.165) is 5.56 Å². The van der Waals surface area contributed by atoms with Crippen molar-refractivity contribution < 1.29 is 27.4 Å². The smallest absolute Gasteiger partial charge is 0.223 e. The second-order valence-electron chi connectivity index (χ2n) is 7.77. The Morgan fingerprint density at radius 2 is 1.64 bits per heavy atom. The van der Waals surface area contributed by atoms with Crippen LogP contribution in [0, 0.1) is 5.92 Å². The highest BCUT2D eigenvalue weighted by atomic mass is 35.5. The fourth-order valence-electron chi connectivity index (χ4n) is 3.91. The predicted molar refractivity (Wildman–Crippen MR) is 126 cm³/mol. The van der Waals surface area contributed by atoms with E-state index >= 15 is 0 Å². The number of piperidine rings is 1. The quantitative estimate of drug-likeness (QED) is 0.573. The molecule has 0 atom stereocenters. The van der Waals surface area contributed by atoms with Crippen LogP contribution < -0.4 is 19.5 Å². The van der Waals surface area contributed by atoms with E-state index in [4.69, 9.17) is 25.8 Å². The average molecular weight is 497 g/mol. The molecule has 0 unspecified atom stereocenters. The second-order valence-corrected chi connectivity index (χ2v) is 10.2. The number of carbonyl (C=O) groups excluding carboxylic acids is 1. The van der Waals surface area contributed by atoms with Crippen LogP contribution >= 0.6 is 11.6 Å². The summed E-state index contributed by atoms with van der Waals surface area (Å²) in [4.78, 5) is 12.7. The summed E-state index contributed by atoms with van der Waals surface area (Å²) >= 11 is 5.87. The Bertz CT molecular complexity index is 1070. The summed E-state index contributed by atoms with van der Waals surface area (Å²) in [5, 5.41) is 3.50. The highest BCUT2D eigenvalue weighted by molar-refractivity contribution is 7.88. The Labute approximate surface area is 199 Å². The minimum absolute atomic E-state index is 0.0832. The van der Waals surface area contributed by atoms with Gasteiger partial charge in [0.05, 0.1) is 27.1 Å². The first kappa shape index (κ1) is 25.1. The van der Waals surface area contributed by atoms with Crippen molar-refractivity contribution in [2.75, 3.05) is 34.4 Å². The number of nitrogens with zero attached hydrogens (tertiary/aromatic N) is 1. The molecule has 1 fully saturated rings. The number of halogens is 1. The molecule has 1 heterocycles.